The summed E-state index contributed by atoms with van der Waals surface area (Å²) in [7, 11) is 2.18. The monoisotopic (exact) mass is 307 g/mol. The van der Waals surface area contributed by atoms with E-state index in [1.54, 1.807) is 0 Å². The molecule has 0 spiro atoms. The van der Waals surface area contributed by atoms with E-state index in [0.717, 1.165) is 37.9 Å². The molecule has 1 aromatic heterocycles. The number of likely N-dealkylation sites (N-methyl/N-ethyl adjacent to an activating group) is 1. The number of hydrogen-bond acceptors (Lipinski definition) is 5. The van der Waals surface area contributed by atoms with Gasteiger partial charge in [-0.3, -0.25) is 9.80 Å². The Bertz CT molecular complexity index is 468. The molecular formula is C17H29N3O2. The predicted octanol–water partition coefficient (Wildman–Crippen LogP) is 2.48. The van der Waals surface area contributed by atoms with Gasteiger partial charge in [0, 0.05) is 31.7 Å². The Balaban J connectivity index is 1.47. The number of ether oxygens (including phenoxy) is 1. The van der Waals surface area contributed by atoms with Crippen LogP contribution in [-0.4, -0.2) is 60.2 Å². The van der Waals surface area contributed by atoms with Gasteiger partial charge in [-0.05, 0) is 32.9 Å². The Morgan fingerprint density at radius 1 is 1.41 bits per heavy atom. The first-order valence-corrected chi connectivity index (χ1v) is 8.60. The van der Waals surface area contributed by atoms with E-state index >= 15 is 0 Å². The number of hydrogen-bond donors (Lipinski definition) is 0. The minimum absolute atomic E-state index is 0.403. The van der Waals surface area contributed by atoms with Crippen LogP contribution in [0.15, 0.2) is 10.6 Å². The van der Waals surface area contributed by atoms with Gasteiger partial charge in [-0.2, -0.15) is 0 Å². The van der Waals surface area contributed by atoms with Crippen LogP contribution in [0.5, 0.6) is 0 Å². The van der Waals surface area contributed by atoms with E-state index in [2.05, 4.69) is 35.7 Å². The number of aromatic nitrogens is 1. The molecule has 3 heterocycles. The van der Waals surface area contributed by atoms with E-state index in [0.29, 0.717) is 18.1 Å². The van der Waals surface area contributed by atoms with Crippen LogP contribution in [-0.2, 0) is 11.3 Å². The average molecular weight is 307 g/mol. The standard InChI is InChI=1S/C17H29N3O2/c1-13(2)16-9-18-17(22-16)12-19(3)14-6-7-20(10-14)11-15-5-4-8-21-15/h9,13-15H,4-8,10-12H2,1-3H3/t14-,15+/m1/s1. The Morgan fingerprint density at radius 2 is 2.27 bits per heavy atom. The van der Waals surface area contributed by atoms with E-state index in [-0.39, 0.29) is 0 Å². The Labute approximate surface area is 133 Å². The van der Waals surface area contributed by atoms with Crippen LogP contribution in [0.3, 0.4) is 0 Å². The number of oxazole rings is 1. The van der Waals surface area contributed by atoms with Crippen LogP contribution in [0.2, 0.25) is 0 Å². The van der Waals surface area contributed by atoms with Gasteiger partial charge >= 0.3 is 0 Å². The zero-order chi connectivity index (χ0) is 15.5. The van der Waals surface area contributed by atoms with Crippen molar-refractivity contribution in [3.63, 3.8) is 0 Å². The molecule has 22 heavy (non-hydrogen) atoms. The summed E-state index contributed by atoms with van der Waals surface area (Å²) in [5.74, 6) is 2.22. The molecule has 0 radical (unpaired) electrons. The molecule has 0 aliphatic carbocycles. The second-order valence-electron chi connectivity index (χ2n) is 7.06. The van der Waals surface area contributed by atoms with Gasteiger partial charge in [-0.1, -0.05) is 13.8 Å². The molecule has 2 aliphatic rings. The highest BCUT2D eigenvalue weighted by molar-refractivity contribution is 4.99. The number of likely N-dealkylation sites (tertiary alicyclic amines) is 1. The molecule has 2 fully saturated rings. The topological polar surface area (TPSA) is 41.7 Å². The van der Waals surface area contributed by atoms with Crippen LogP contribution >= 0.6 is 0 Å². The highest BCUT2D eigenvalue weighted by Crippen LogP contribution is 2.21. The quantitative estimate of drug-likeness (QED) is 0.807. The molecule has 0 N–H and O–H groups in total. The third kappa shape index (κ3) is 3.89. The zero-order valence-corrected chi connectivity index (χ0v) is 14.1. The second kappa shape index (κ2) is 7.11. The lowest BCUT2D eigenvalue weighted by Crippen LogP contribution is -2.36. The lowest BCUT2D eigenvalue weighted by Gasteiger charge is -2.24. The summed E-state index contributed by atoms with van der Waals surface area (Å²) in [5, 5.41) is 0. The van der Waals surface area contributed by atoms with Gasteiger partial charge in [0.1, 0.15) is 5.76 Å². The second-order valence-corrected chi connectivity index (χ2v) is 7.06. The van der Waals surface area contributed by atoms with Crippen LogP contribution in [0, 0.1) is 0 Å². The fourth-order valence-corrected chi connectivity index (χ4v) is 3.42. The maximum atomic E-state index is 5.82. The summed E-state index contributed by atoms with van der Waals surface area (Å²) in [4.78, 5) is 9.34. The molecule has 2 atom stereocenters. The first kappa shape index (κ1) is 16.0. The predicted molar refractivity (Wildman–Crippen MR) is 85.9 cm³/mol. The van der Waals surface area contributed by atoms with Crippen molar-refractivity contribution in [1.29, 1.82) is 0 Å². The maximum Gasteiger partial charge on any atom is 0.208 e. The lowest BCUT2D eigenvalue weighted by atomic mass is 10.2. The normalized spacial score (nSPS) is 26.6. The van der Waals surface area contributed by atoms with Crippen molar-refractivity contribution in [3.8, 4) is 0 Å². The number of nitrogens with zero attached hydrogens (tertiary/aromatic N) is 3. The van der Waals surface area contributed by atoms with E-state index in [9.17, 15) is 0 Å². The summed E-state index contributed by atoms with van der Waals surface area (Å²) >= 11 is 0. The van der Waals surface area contributed by atoms with Crippen molar-refractivity contribution in [1.82, 2.24) is 14.8 Å². The number of rotatable bonds is 6. The first-order chi connectivity index (χ1) is 10.6. The maximum absolute atomic E-state index is 5.82. The van der Waals surface area contributed by atoms with Crippen molar-refractivity contribution >= 4 is 0 Å². The summed E-state index contributed by atoms with van der Waals surface area (Å²) in [5.41, 5.74) is 0. The van der Waals surface area contributed by atoms with E-state index in [4.69, 9.17) is 9.15 Å². The van der Waals surface area contributed by atoms with Gasteiger partial charge < -0.3 is 9.15 Å². The largest absolute Gasteiger partial charge is 0.444 e. The molecule has 0 amide bonds. The smallest absolute Gasteiger partial charge is 0.208 e. The van der Waals surface area contributed by atoms with Crippen molar-refractivity contribution in [2.45, 2.75) is 57.7 Å². The molecule has 0 bridgehead atoms. The highest BCUT2D eigenvalue weighted by Gasteiger charge is 2.29. The van der Waals surface area contributed by atoms with E-state index < -0.39 is 0 Å². The molecular weight excluding hydrogens is 278 g/mol. The van der Waals surface area contributed by atoms with Crippen molar-refractivity contribution in [2.75, 3.05) is 33.3 Å². The van der Waals surface area contributed by atoms with Crippen molar-refractivity contribution in [2.24, 2.45) is 0 Å². The van der Waals surface area contributed by atoms with E-state index in [1.807, 2.05) is 6.20 Å². The molecule has 3 rings (SSSR count). The fourth-order valence-electron chi connectivity index (χ4n) is 3.42. The summed E-state index contributed by atoms with van der Waals surface area (Å²) in [6, 6.07) is 0.593. The Kier molecular flexibility index (Phi) is 5.16. The van der Waals surface area contributed by atoms with Gasteiger partial charge in [0.25, 0.3) is 0 Å². The van der Waals surface area contributed by atoms with Crippen molar-refractivity contribution in [3.05, 3.63) is 17.8 Å². The minimum atomic E-state index is 0.403. The van der Waals surface area contributed by atoms with Gasteiger partial charge in [-0.25, -0.2) is 4.98 Å². The van der Waals surface area contributed by atoms with Crippen LogP contribution in [0.25, 0.3) is 0 Å². The summed E-state index contributed by atoms with van der Waals surface area (Å²) in [6.07, 6.45) is 6.01. The summed E-state index contributed by atoms with van der Waals surface area (Å²) < 4.78 is 11.6. The molecule has 1 aromatic rings. The van der Waals surface area contributed by atoms with Gasteiger partial charge in [0.05, 0.1) is 18.8 Å². The molecule has 0 saturated carbocycles. The molecule has 0 unspecified atom stereocenters. The SMILES string of the molecule is CC(C)c1cnc(CN(C)[C@@H]2CCN(C[C@@H]3CCCO3)C2)o1. The van der Waals surface area contributed by atoms with Crippen LogP contribution < -0.4 is 0 Å². The van der Waals surface area contributed by atoms with Crippen LogP contribution in [0.1, 0.15) is 50.7 Å². The molecule has 124 valence electrons. The first-order valence-electron chi connectivity index (χ1n) is 8.60. The average Bonchev–Trinajstić information content (AvgIpc) is 3.19. The third-order valence-electron chi connectivity index (χ3n) is 4.88. The third-order valence-corrected chi connectivity index (χ3v) is 4.88. The lowest BCUT2D eigenvalue weighted by molar-refractivity contribution is 0.0778. The van der Waals surface area contributed by atoms with Gasteiger partial charge in [0.2, 0.25) is 5.89 Å². The summed E-state index contributed by atoms with van der Waals surface area (Å²) in [6.45, 7) is 9.42. The van der Waals surface area contributed by atoms with Crippen molar-refractivity contribution < 1.29 is 9.15 Å². The molecule has 5 heteroatoms. The molecule has 2 saturated heterocycles. The van der Waals surface area contributed by atoms with E-state index in [1.165, 1.54) is 25.8 Å². The minimum Gasteiger partial charge on any atom is -0.444 e. The highest BCUT2D eigenvalue weighted by atomic mass is 16.5. The van der Waals surface area contributed by atoms with Crippen LogP contribution in [0.4, 0.5) is 0 Å². The Morgan fingerprint density at radius 3 is 2.95 bits per heavy atom. The van der Waals surface area contributed by atoms with Gasteiger partial charge in [-0.15, -0.1) is 0 Å². The zero-order valence-electron chi connectivity index (χ0n) is 14.1. The molecule has 5 nitrogen and oxygen atoms in total. The van der Waals surface area contributed by atoms with Gasteiger partial charge in [0.15, 0.2) is 0 Å². The Hall–Kier alpha value is -0.910. The fraction of sp³-hybridized carbons (Fsp3) is 0.824. The molecule has 0 aromatic carbocycles. The molecule has 2 aliphatic heterocycles.